The third kappa shape index (κ3) is 5.24. The first-order chi connectivity index (χ1) is 17.5. The Morgan fingerprint density at radius 1 is 1.03 bits per heavy atom. The SMILES string of the molecule is O=C(NC(CCN1CC2CN(C(=O)c3c(F)cccc3Cl)C[C@@H]2C1)c1ccccc1)c1cnccn1. The number of nitrogens with zero attached hydrogens (tertiary/aromatic N) is 4. The van der Waals surface area contributed by atoms with Crippen molar-refractivity contribution in [2.75, 3.05) is 32.7 Å². The number of halogens is 2. The number of aromatic nitrogens is 2. The van der Waals surface area contributed by atoms with Crippen LogP contribution < -0.4 is 5.32 Å². The number of likely N-dealkylation sites (tertiary alicyclic amines) is 2. The molecule has 2 aromatic carbocycles. The second kappa shape index (κ2) is 10.7. The number of benzene rings is 2. The molecule has 3 aromatic rings. The third-order valence-corrected chi connectivity index (χ3v) is 7.38. The van der Waals surface area contributed by atoms with E-state index >= 15 is 0 Å². The minimum absolute atomic E-state index is 0.0412. The number of carbonyl (C=O) groups excluding carboxylic acids is 2. The van der Waals surface area contributed by atoms with Crippen LogP contribution in [0.15, 0.2) is 67.1 Å². The molecule has 0 saturated carbocycles. The molecule has 1 aromatic heterocycles. The largest absolute Gasteiger partial charge is 0.344 e. The van der Waals surface area contributed by atoms with E-state index in [1.165, 1.54) is 30.7 Å². The van der Waals surface area contributed by atoms with Crippen LogP contribution in [-0.4, -0.2) is 64.3 Å². The number of fused-ring (bicyclic) bond motifs is 1. The molecule has 2 aliphatic heterocycles. The number of carbonyl (C=O) groups is 2. The van der Waals surface area contributed by atoms with Crippen molar-refractivity contribution in [2.45, 2.75) is 12.5 Å². The van der Waals surface area contributed by atoms with Crippen molar-refractivity contribution in [1.82, 2.24) is 25.1 Å². The third-order valence-electron chi connectivity index (χ3n) is 7.06. The highest BCUT2D eigenvalue weighted by Gasteiger charge is 2.42. The Labute approximate surface area is 214 Å². The van der Waals surface area contributed by atoms with Crippen molar-refractivity contribution in [1.29, 1.82) is 0 Å². The molecule has 0 spiro atoms. The number of amides is 2. The first-order valence-corrected chi connectivity index (χ1v) is 12.4. The Morgan fingerprint density at radius 3 is 2.44 bits per heavy atom. The van der Waals surface area contributed by atoms with Crippen molar-refractivity contribution in [3.8, 4) is 0 Å². The Balaban J connectivity index is 1.19. The molecule has 186 valence electrons. The zero-order chi connectivity index (χ0) is 25.1. The van der Waals surface area contributed by atoms with Crippen LogP contribution in [0.2, 0.25) is 5.02 Å². The van der Waals surface area contributed by atoms with E-state index in [-0.39, 0.29) is 34.1 Å². The second-order valence-corrected chi connectivity index (χ2v) is 9.81. The van der Waals surface area contributed by atoms with E-state index in [1.54, 1.807) is 11.0 Å². The zero-order valence-electron chi connectivity index (χ0n) is 19.7. The summed E-state index contributed by atoms with van der Waals surface area (Å²) in [4.78, 5) is 37.9. The summed E-state index contributed by atoms with van der Waals surface area (Å²) in [6.07, 6.45) is 5.24. The first-order valence-electron chi connectivity index (χ1n) is 12.1. The summed E-state index contributed by atoms with van der Waals surface area (Å²) in [7, 11) is 0. The lowest BCUT2D eigenvalue weighted by Crippen LogP contribution is -2.35. The van der Waals surface area contributed by atoms with Gasteiger partial charge in [0.1, 0.15) is 11.5 Å². The zero-order valence-corrected chi connectivity index (χ0v) is 20.4. The van der Waals surface area contributed by atoms with Crippen molar-refractivity contribution in [3.63, 3.8) is 0 Å². The molecular formula is C27H27ClFN5O2. The van der Waals surface area contributed by atoms with Crippen molar-refractivity contribution in [3.05, 3.63) is 94.8 Å². The summed E-state index contributed by atoms with van der Waals surface area (Å²) < 4.78 is 14.2. The summed E-state index contributed by atoms with van der Waals surface area (Å²) in [6.45, 7) is 3.71. The molecule has 2 amide bonds. The van der Waals surface area contributed by atoms with Gasteiger partial charge in [-0.2, -0.15) is 0 Å². The number of hydrogen-bond donors (Lipinski definition) is 1. The van der Waals surface area contributed by atoms with E-state index in [0.717, 1.165) is 31.6 Å². The molecule has 0 radical (unpaired) electrons. The molecule has 3 atom stereocenters. The molecule has 2 fully saturated rings. The van der Waals surface area contributed by atoms with E-state index in [0.29, 0.717) is 24.9 Å². The molecule has 9 heteroatoms. The highest BCUT2D eigenvalue weighted by molar-refractivity contribution is 6.33. The molecule has 2 saturated heterocycles. The molecule has 0 aliphatic carbocycles. The fraction of sp³-hybridized carbons (Fsp3) is 0.333. The van der Waals surface area contributed by atoms with Crippen LogP contribution in [0, 0.1) is 17.7 Å². The molecule has 3 heterocycles. The maximum atomic E-state index is 14.2. The second-order valence-electron chi connectivity index (χ2n) is 9.40. The quantitative estimate of drug-likeness (QED) is 0.526. The van der Waals surface area contributed by atoms with Gasteiger partial charge in [-0.25, -0.2) is 9.37 Å². The van der Waals surface area contributed by atoms with Gasteiger partial charge in [-0.3, -0.25) is 14.6 Å². The van der Waals surface area contributed by atoms with Crippen molar-refractivity contribution in [2.24, 2.45) is 11.8 Å². The maximum absolute atomic E-state index is 14.2. The highest BCUT2D eigenvalue weighted by Crippen LogP contribution is 2.33. The van der Waals surface area contributed by atoms with Gasteiger partial charge in [-0.1, -0.05) is 48.0 Å². The smallest absolute Gasteiger partial charge is 0.271 e. The van der Waals surface area contributed by atoms with E-state index in [4.69, 9.17) is 11.6 Å². The maximum Gasteiger partial charge on any atom is 0.271 e. The Bertz CT molecular complexity index is 1200. The van der Waals surface area contributed by atoms with Crippen LogP contribution >= 0.6 is 11.6 Å². The van der Waals surface area contributed by atoms with Crippen LogP contribution in [0.1, 0.15) is 38.9 Å². The van der Waals surface area contributed by atoms with E-state index in [1.807, 2.05) is 30.3 Å². The molecule has 0 bridgehead atoms. The number of rotatable bonds is 7. The highest BCUT2D eigenvalue weighted by atomic mass is 35.5. The van der Waals surface area contributed by atoms with E-state index < -0.39 is 5.82 Å². The first kappa shape index (κ1) is 24.3. The Morgan fingerprint density at radius 2 is 1.78 bits per heavy atom. The van der Waals surface area contributed by atoms with Gasteiger partial charge < -0.3 is 15.1 Å². The van der Waals surface area contributed by atoms with Crippen LogP contribution in [0.25, 0.3) is 0 Å². The van der Waals surface area contributed by atoms with Crippen LogP contribution in [0.5, 0.6) is 0 Å². The fourth-order valence-electron chi connectivity index (χ4n) is 5.27. The van der Waals surface area contributed by atoms with Gasteiger partial charge in [0.05, 0.1) is 22.8 Å². The summed E-state index contributed by atoms with van der Waals surface area (Å²) in [5.74, 6) is -0.500. The number of nitrogens with one attached hydrogen (secondary N) is 1. The minimum atomic E-state index is -0.582. The van der Waals surface area contributed by atoms with Crippen molar-refractivity contribution >= 4 is 23.4 Å². The molecule has 7 nitrogen and oxygen atoms in total. The average molecular weight is 508 g/mol. The topological polar surface area (TPSA) is 78.4 Å². The Hall–Kier alpha value is -3.36. The summed E-state index contributed by atoms with van der Waals surface area (Å²) in [5.41, 5.74) is 1.28. The van der Waals surface area contributed by atoms with Gasteiger partial charge in [-0.15, -0.1) is 0 Å². The van der Waals surface area contributed by atoms with Gasteiger partial charge in [0, 0.05) is 45.1 Å². The van der Waals surface area contributed by atoms with Crippen LogP contribution in [0.3, 0.4) is 0 Å². The minimum Gasteiger partial charge on any atom is -0.344 e. The lowest BCUT2D eigenvalue weighted by molar-refractivity contribution is 0.0769. The molecular weight excluding hydrogens is 481 g/mol. The monoisotopic (exact) mass is 507 g/mol. The van der Waals surface area contributed by atoms with E-state index in [2.05, 4.69) is 20.2 Å². The molecule has 5 rings (SSSR count). The Kier molecular flexibility index (Phi) is 7.25. The lowest BCUT2D eigenvalue weighted by atomic mass is 10.0. The van der Waals surface area contributed by atoms with Gasteiger partial charge in [0.15, 0.2) is 0 Å². The van der Waals surface area contributed by atoms with Crippen LogP contribution in [-0.2, 0) is 0 Å². The normalized spacial score (nSPS) is 20.2. The molecule has 2 aliphatic rings. The van der Waals surface area contributed by atoms with Gasteiger partial charge in [0.25, 0.3) is 11.8 Å². The van der Waals surface area contributed by atoms with Crippen LogP contribution in [0.4, 0.5) is 4.39 Å². The fourth-order valence-corrected chi connectivity index (χ4v) is 5.51. The number of hydrogen-bond acceptors (Lipinski definition) is 5. The predicted octanol–water partition coefficient (Wildman–Crippen LogP) is 3.83. The predicted molar refractivity (Wildman–Crippen MR) is 134 cm³/mol. The summed E-state index contributed by atoms with van der Waals surface area (Å²) in [6, 6.07) is 14.1. The molecule has 2 unspecified atom stereocenters. The van der Waals surface area contributed by atoms with E-state index in [9.17, 15) is 14.0 Å². The average Bonchev–Trinajstić information content (AvgIpc) is 3.46. The molecule has 36 heavy (non-hydrogen) atoms. The van der Waals surface area contributed by atoms with Gasteiger partial charge in [0.2, 0.25) is 0 Å². The van der Waals surface area contributed by atoms with Gasteiger partial charge in [-0.05, 0) is 36.0 Å². The lowest BCUT2D eigenvalue weighted by Gasteiger charge is -2.25. The van der Waals surface area contributed by atoms with Gasteiger partial charge >= 0.3 is 0 Å². The standard InChI is InChI=1S/C27H27ClFN5O2/c28-21-7-4-8-22(29)25(21)27(36)34-16-19-14-33(15-20(19)17-34)12-9-23(18-5-2-1-3-6-18)32-26(35)24-13-30-10-11-31-24/h1-8,10-11,13,19-20,23H,9,12,14-17H2,(H,32,35)/t19-,20?,23?/m0/s1. The molecule has 1 N–H and O–H groups in total. The van der Waals surface area contributed by atoms with Crippen molar-refractivity contribution < 1.29 is 14.0 Å². The summed E-state index contributed by atoms with van der Waals surface area (Å²) >= 11 is 6.11. The summed E-state index contributed by atoms with van der Waals surface area (Å²) in [5, 5.41) is 3.25.